The van der Waals surface area contributed by atoms with Gasteiger partial charge in [0.05, 0.1) is 13.1 Å². The summed E-state index contributed by atoms with van der Waals surface area (Å²) in [6.45, 7) is 13.8. The van der Waals surface area contributed by atoms with Crippen molar-refractivity contribution in [1.29, 1.82) is 0 Å². The van der Waals surface area contributed by atoms with Crippen LogP contribution in [0.4, 0.5) is 5.69 Å². The molecule has 1 N–H and O–H groups in total. The van der Waals surface area contributed by atoms with Crippen LogP contribution in [-0.4, -0.2) is 9.67 Å². The largest absolute Gasteiger partial charge is 0.508 e. The average molecular weight is 421 g/mol. The highest BCUT2D eigenvalue weighted by molar-refractivity contribution is 5.71. The number of aryl methyl sites for hydroxylation is 3. The molecule has 4 aromatic rings. The van der Waals surface area contributed by atoms with Gasteiger partial charge in [-0.15, -0.1) is 0 Å². The number of aromatic hydroxyl groups is 1. The van der Waals surface area contributed by atoms with Crippen LogP contribution >= 0.6 is 0 Å². The zero-order chi connectivity index (χ0) is 22.8. The van der Waals surface area contributed by atoms with E-state index in [1.807, 2.05) is 68.4 Å². The van der Waals surface area contributed by atoms with Crippen molar-refractivity contribution >= 4 is 5.69 Å². The van der Waals surface area contributed by atoms with E-state index in [2.05, 4.69) is 10.9 Å². The van der Waals surface area contributed by atoms with Crippen LogP contribution < -0.4 is 5.56 Å². The smallest absolute Gasteiger partial charge is 0.257 e. The summed E-state index contributed by atoms with van der Waals surface area (Å²) in [5, 5.41) is 9.77. The second-order valence-corrected chi connectivity index (χ2v) is 8.12. The number of hydrogen-bond donors (Lipinski definition) is 1. The molecular formula is C28H24N2O2. The number of rotatable bonds is 4. The minimum absolute atomic E-state index is 0.162. The quantitative estimate of drug-likeness (QED) is 0.388. The molecule has 3 aromatic carbocycles. The van der Waals surface area contributed by atoms with Gasteiger partial charge in [0.1, 0.15) is 5.75 Å². The molecular weight excluding hydrogens is 396 g/mol. The summed E-state index contributed by atoms with van der Waals surface area (Å²) in [6, 6.07) is 23.1. The van der Waals surface area contributed by atoms with Crippen LogP contribution in [0.1, 0.15) is 22.3 Å². The molecule has 1 heterocycles. The van der Waals surface area contributed by atoms with E-state index < -0.39 is 0 Å². The average Bonchev–Trinajstić information content (AvgIpc) is 2.77. The van der Waals surface area contributed by atoms with E-state index in [1.165, 1.54) is 5.56 Å². The minimum atomic E-state index is -0.271. The maximum atomic E-state index is 13.2. The fourth-order valence-corrected chi connectivity index (χ4v) is 4.00. The van der Waals surface area contributed by atoms with Crippen LogP contribution in [0.2, 0.25) is 0 Å². The van der Waals surface area contributed by atoms with Crippen LogP contribution in [0.3, 0.4) is 0 Å². The van der Waals surface area contributed by atoms with Crippen LogP contribution in [0, 0.1) is 27.3 Å². The van der Waals surface area contributed by atoms with Gasteiger partial charge in [0.2, 0.25) is 0 Å². The summed E-state index contributed by atoms with van der Waals surface area (Å²) in [7, 11) is 0. The maximum Gasteiger partial charge on any atom is 0.257 e. The number of nitrogens with zero attached hydrogens (tertiary/aromatic N) is 2. The van der Waals surface area contributed by atoms with Gasteiger partial charge in [0, 0.05) is 5.69 Å². The molecule has 1 aromatic heterocycles. The fourth-order valence-electron chi connectivity index (χ4n) is 4.00. The summed E-state index contributed by atoms with van der Waals surface area (Å²) in [6.07, 6.45) is 0. The Hall–Kier alpha value is -4.10. The first-order valence-corrected chi connectivity index (χ1v) is 10.5. The molecule has 0 radical (unpaired) electrons. The summed E-state index contributed by atoms with van der Waals surface area (Å²) >= 11 is 0. The molecule has 0 saturated heterocycles. The number of benzene rings is 3. The van der Waals surface area contributed by atoms with E-state index in [0.717, 1.165) is 33.5 Å². The lowest BCUT2D eigenvalue weighted by Crippen LogP contribution is -2.23. The van der Waals surface area contributed by atoms with Crippen LogP contribution in [0.15, 0.2) is 77.6 Å². The summed E-state index contributed by atoms with van der Waals surface area (Å²) in [5.41, 5.74) is 7.48. The molecule has 4 heteroatoms. The van der Waals surface area contributed by atoms with Crippen molar-refractivity contribution in [1.82, 2.24) is 4.57 Å². The molecule has 32 heavy (non-hydrogen) atoms. The molecule has 0 aliphatic rings. The lowest BCUT2D eigenvalue weighted by molar-refractivity contribution is 0.475. The van der Waals surface area contributed by atoms with Crippen LogP contribution in [0.25, 0.3) is 27.2 Å². The second-order valence-electron chi connectivity index (χ2n) is 8.12. The van der Waals surface area contributed by atoms with Crippen LogP contribution in [0.5, 0.6) is 5.75 Å². The van der Waals surface area contributed by atoms with Crippen LogP contribution in [-0.2, 0) is 6.54 Å². The third-order valence-corrected chi connectivity index (χ3v) is 5.76. The van der Waals surface area contributed by atoms with E-state index in [9.17, 15) is 9.90 Å². The van der Waals surface area contributed by atoms with Gasteiger partial charge in [-0.1, -0.05) is 60.2 Å². The maximum absolute atomic E-state index is 13.2. The van der Waals surface area contributed by atoms with Gasteiger partial charge in [-0.25, -0.2) is 4.85 Å². The number of pyridine rings is 1. The predicted molar refractivity (Wildman–Crippen MR) is 129 cm³/mol. The molecule has 4 rings (SSSR count). The Labute approximate surface area is 187 Å². The molecule has 0 spiro atoms. The van der Waals surface area contributed by atoms with E-state index in [1.54, 1.807) is 23.6 Å². The Morgan fingerprint density at radius 1 is 0.844 bits per heavy atom. The zero-order valence-corrected chi connectivity index (χ0v) is 18.4. The predicted octanol–water partition coefficient (Wildman–Crippen LogP) is 6.41. The van der Waals surface area contributed by atoms with Gasteiger partial charge in [0.25, 0.3) is 11.2 Å². The third kappa shape index (κ3) is 4.06. The SMILES string of the molecule is [C-]#[N+]c1c(C)cc(-c2ccc(-c3cccc(O)c3)cc2)n(Cc2ccc(C)cc2C)c1=O. The highest BCUT2D eigenvalue weighted by Crippen LogP contribution is 2.29. The fraction of sp³-hybridized carbons (Fsp3) is 0.143. The van der Waals surface area contributed by atoms with Crippen molar-refractivity contribution in [2.24, 2.45) is 0 Å². The topological polar surface area (TPSA) is 46.6 Å². The van der Waals surface area contributed by atoms with Gasteiger partial charge < -0.3 is 9.67 Å². The number of phenolic OH excluding ortho intramolecular Hbond substituents is 1. The highest BCUT2D eigenvalue weighted by atomic mass is 16.3. The van der Waals surface area contributed by atoms with E-state index in [-0.39, 0.29) is 17.0 Å². The molecule has 0 aliphatic carbocycles. The van der Waals surface area contributed by atoms with Crippen molar-refractivity contribution in [2.45, 2.75) is 27.3 Å². The summed E-state index contributed by atoms with van der Waals surface area (Å²) < 4.78 is 1.70. The standard InChI is InChI=1S/C28H24N2O2/c1-18-8-9-24(19(2)14-18)17-30-26(15-20(3)27(29-4)28(30)32)22-12-10-21(11-13-22)23-6-5-7-25(31)16-23/h5-16,31H,17H2,1-3H3. The molecule has 4 nitrogen and oxygen atoms in total. The van der Waals surface area contributed by atoms with Crippen molar-refractivity contribution in [3.05, 3.63) is 117 Å². The van der Waals surface area contributed by atoms with Gasteiger partial charge in [-0.2, -0.15) is 0 Å². The Kier molecular flexibility index (Phi) is 5.66. The molecule has 0 unspecified atom stereocenters. The Bertz CT molecular complexity index is 1410. The Balaban J connectivity index is 1.83. The first-order valence-electron chi connectivity index (χ1n) is 10.5. The van der Waals surface area contributed by atoms with Gasteiger partial charge in [0.15, 0.2) is 0 Å². The molecule has 0 atom stereocenters. The Morgan fingerprint density at radius 2 is 1.56 bits per heavy atom. The molecule has 0 aliphatic heterocycles. The van der Waals surface area contributed by atoms with Gasteiger partial charge in [-0.3, -0.25) is 4.79 Å². The minimum Gasteiger partial charge on any atom is -0.508 e. The Morgan fingerprint density at radius 3 is 2.22 bits per heavy atom. The van der Waals surface area contributed by atoms with Crippen molar-refractivity contribution in [3.8, 4) is 28.1 Å². The zero-order valence-electron chi connectivity index (χ0n) is 18.4. The molecule has 0 amide bonds. The lowest BCUT2D eigenvalue weighted by atomic mass is 10.0. The van der Waals surface area contributed by atoms with Gasteiger partial charge in [-0.05, 0) is 72.4 Å². The van der Waals surface area contributed by atoms with Crippen molar-refractivity contribution in [2.75, 3.05) is 0 Å². The monoisotopic (exact) mass is 420 g/mol. The third-order valence-electron chi connectivity index (χ3n) is 5.76. The molecule has 0 fully saturated rings. The molecule has 158 valence electrons. The molecule has 0 bridgehead atoms. The first kappa shape index (κ1) is 21.1. The van der Waals surface area contributed by atoms with Gasteiger partial charge >= 0.3 is 0 Å². The number of hydrogen-bond acceptors (Lipinski definition) is 2. The second kappa shape index (κ2) is 8.56. The number of phenols is 1. The van der Waals surface area contributed by atoms with E-state index in [0.29, 0.717) is 12.1 Å². The highest BCUT2D eigenvalue weighted by Gasteiger charge is 2.15. The molecule has 0 saturated carbocycles. The van der Waals surface area contributed by atoms with Crippen molar-refractivity contribution in [3.63, 3.8) is 0 Å². The summed E-state index contributed by atoms with van der Waals surface area (Å²) in [5.74, 6) is 0.222. The van der Waals surface area contributed by atoms with E-state index >= 15 is 0 Å². The number of aromatic nitrogens is 1. The normalized spacial score (nSPS) is 10.7. The first-order chi connectivity index (χ1) is 15.4. The lowest BCUT2D eigenvalue weighted by Gasteiger charge is -2.17. The summed E-state index contributed by atoms with van der Waals surface area (Å²) in [4.78, 5) is 16.7. The van der Waals surface area contributed by atoms with Crippen molar-refractivity contribution < 1.29 is 5.11 Å². The van der Waals surface area contributed by atoms with E-state index in [4.69, 9.17) is 6.57 Å².